The molecule has 1 rings (SSSR count). The first kappa shape index (κ1) is 15.2. The highest BCUT2D eigenvalue weighted by Crippen LogP contribution is 2.28. The van der Waals surface area contributed by atoms with Crippen molar-refractivity contribution in [2.24, 2.45) is 0 Å². The summed E-state index contributed by atoms with van der Waals surface area (Å²) in [6, 6.07) is 4.78. The Labute approximate surface area is 111 Å². The molecule has 0 aliphatic rings. The maximum atomic E-state index is 11.0. The summed E-state index contributed by atoms with van der Waals surface area (Å²) in [5.41, 5.74) is -0.746. The molecular weight excluding hydrogens is 272 g/mol. The highest BCUT2D eigenvalue weighted by molar-refractivity contribution is 6.03. The first-order valence-corrected chi connectivity index (χ1v) is 5.27. The highest BCUT2D eigenvalue weighted by Gasteiger charge is 2.36. The minimum atomic E-state index is -2.03. The van der Waals surface area contributed by atoms with E-state index in [2.05, 4.69) is 0 Å². The summed E-state index contributed by atoms with van der Waals surface area (Å²) in [4.78, 5) is 43.9. The van der Waals surface area contributed by atoms with E-state index in [1.807, 2.05) is 0 Å². The molecule has 1 aromatic carbocycles. The number of carbonyl (C=O) groups is 4. The molecular formula is C12H10O8. The molecule has 0 saturated carbocycles. The topological polar surface area (TPSA) is 149 Å². The lowest BCUT2D eigenvalue weighted by Crippen LogP contribution is -2.27. The van der Waals surface area contributed by atoms with E-state index in [-0.39, 0.29) is 11.1 Å². The second-order valence-corrected chi connectivity index (χ2v) is 3.85. The summed E-state index contributed by atoms with van der Waals surface area (Å²) in [5.74, 6) is -10.9. The van der Waals surface area contributed by atoms with E-state index in [1.165, 1.54) is 12.1 Å². The van der Waals surface area contributed by atoms with Crippen LogP contribution in [0.3, 0.4) is 0 Å². The maximum Gasteiger partial charge on any atom is 0.322 e. The lowest BCUT2D eigenvalue weighted by Gasteiger charge is -2.16. The maximum absolute atomic E-state index is 11.0. The predicted molar refractivity (Wildman–Crippen MR) is 62.5 cm³/mol. The van der Waals surface area contributed by atoms with Gasteiger partial charge in [-0.15, -0.1) is 0 Å². The molecule has 106 valence electrons. The molecule has 0 aliphatic heterocycles. The molecule has 8 nitrogen and oxygen atoms in total. The van der Waals surface area contributed by atoms with E-state index in [0.29, 0.717) is 0 Å². The molecule has 8 heteroatoms. The van der Waals surface area contributed by atoms with Crippen LogP contribution in [-0.2, 0) is 19.2 Å². The fourth-order valence-electron chi connectivity index (χ4n) is 1.78. The van der Waals surface area contributed by atoms with E-state index in [0.717, 1.165) is 12.1 Å². The number of hydrogen-bond donors (Lipinski definition) is 4. The van der Waals surface area contributed by atoms with Crippen LogP contribution in [0.1, 0.15) is 23.0 Å². The summed E-state index contributed by atoms with van der Waals surface area (Å²) < 4.78 is 0. The lowest BCUT2D eigenvalue weighted by molar-refractivity contribution is -0.153. The summed E-state index contributed by atoms with van der Waals surface area (Å²) in [6.45, 7) is 0. The van der Waals surface area contributed by atoms with Crippen molar-refractivity contribution in [2.45, 2.75) is 11.8 Å². The Balaban J connectivity index is 3.50. The van der Waals surface area contributed by atoms with Crippen molar-refractivity contribution in [3.05, 3.63) is 35.4 Å². The van der Waals surface area contributed by atoms with Crippen LogP contribution < -0.4 is 0 Å². The number of aliphatic carboxylic acids is 4. The Morgan fingerprint density at radius 2 is 0.900 bits per heavy atom. The molecule has 0 aromatic heterocycles. The molecule has 0 heterocycles. The smallest absolute Gasteiger partial charge is 0.322 e. The molecule has 0 unspecified atom stereocenters. The largest absolute Gasteiger partial charge is 0.480 e. The molecule has 0 atom stereocenters. The second kappa shape index (κ2) is 5.83. The van der Waals surface area contributed by atoms with Crippen LogP contribution in [0.15, 0.2) is 24.3 Å². The predicted octanol–water partition coefficient (Wildman–Crippen LogP) is 0.192. The number of hydrogen-bond acceptors (Lipinski definition) is 4. The highest BCUT2D eigenvalue weighted by atomic mass is 16.4. The summed E-state index contributed by atoms with van der Waals surface area (Å²) in [7, 11) is 0. The lowest BCUT2D eigenvalue weighted by atomic mass is 9.87. The van der Waals surface area contributed by atoms with Crippen LogP contribution in [0, 0.1) is 0 Å². The van der Waals surface area contributed by atoms with Gasteiger partial charge in [0, 0.05) is 0 Å². The second-order valence-electron chi connectivity index (χ2n) is 3.85. The van der Waals surface area contributed by atoms with Gasteiger partial charge in [0.05, 0.1) is 0 Å². The van der Waals surface area contributed by atoms with Gasteiger partial charge in [-0.1, -0.05) is 24.3 Å². The van der Waals surface area contributed by atoms with Gasteiger partial charge < -0.3 is 20.4 Å². The molecule has 0 aliphatic carbocycles. The molecule has 0 amide bonds. The van der Waals surface area contributed by atoms with E-state index in [4.69, 9.17) is 20.4 Å². The normalized spacial score (nSPS) is 10.5. The van der Waals surface area contributed by atoms with Crippen molar-refractivity contribution in [3.63, 3.8) is 0 Å². The van der Waals surface area contributed by atoms with E-state index < -0.39 is 35.7 Å². The van der Waals surface area contributed by atoms with E-state index in [9.17, 15) is 19.2 Å². The zero-order valence-corrected chi connectivity index (χ0v) is 9.89. The van der Waals surface area contributed by atoms with Crippen LogP contribution >= 0.6 is 0 Å². The number of rotatable bonds is 6. The Hall–Kier alpha value is -2.90. The van der Waals surface area contributed by atoms with Crippen LogP contribution in [0.4, 0.5) is 0 Å². The molecule has 0 radical (unpaired) electrons. The fourth-order valence-corrected chi connectivity index (χ4v) is 1.78. The van der Waals surface area contributed by atoms with Gasteiger partial charge in [-0.05, 0) is 11.1 Å². The van der Waals surface area contributed by atoms with Crippen molar-refractivity contribution in [3.8, 4) is 0 Å². The van der Waals surface area contributed by atoms with Gasteiger partial charge in [-0.25, -0.2) is 0 Å². The molecule has 0 bridgehead atoms. The van der Waals surface area contributed by atoms with Gasteiger partial charge in [-0.2, -0.15) is 0 Å². The first-order valence-electron chi connectivity index (χ1n) is 5.27. The Kier molecular flexibility index (Phi) is 4.42. The minimum Gasteiger partial charge on any atom is -0.480 e. The minimum absolute atomic E-state index is 0.373. The fraction of sp³-hybridized carbons (Fsp3) is 0.167. The SMILES string of the molecule is O=C(O)C(C(=O)O)c1ccccc1C(C(=O)O)C(=O)O. The van der Waals surface area contributed by atoms with Crippen molar-refractivity contribution >= 4 is 23.9 Å². The first-order chi connectivity index (χ1) is 9.27. The van der Waals surface area contributed by atoms with Gasteiger partial charge in [0.15, 0.2) is 11.8 Å². The molecule has 1 aromatic rings. The van der Waals surface area contributed by atoms with E-state index >= 15 is 0 Å². The molecule has 4 N–H and O–H groups in total. The number of carboxylic acid groups (broad SMARTS) is 4. The van der Waals surface area contributed by atoms with Gasteiger partial charge in [0.25, 0.3) is 0 Å². The third-order valence-corrected chi connectivity index (χ3v) is 2.61. The van der Waals surface area contributed by atoms with Gasteiger partial charge in [0.2, 0.25) is 0 Å². The standard InChI is InChI=1S/C12H10O8/c13-9(14)7(10(15)16)5-3-1-2-4-6(5)8(11(17)18)12(19)20/h1-4,7-8H,(H,13,14)(H,15,16)(H,17,18)(H,19,20). The van der Waals surface area contributed by atoms with Crippen LogP contribution in [-0.4, -0.2) is 44.3 Å². The van der Waals surface area contributed by atoms with Crippen LogP contribution in [0.2, 0.25) is 0 Å². The zero-order valence-electron chi connectivity index (χ0n) is 9.89. The van der Waals surface area contributed by atoms with Crippen molar-refractivity contribution in [1.82, 2.24) is 0 Å². The Bertz CT molecular complexity index is 498. The summed E-state index contributed by atoms with van der Waals surface area (Å²) >= 11 is 0. The summed E-state index contributed by atoms with van der Waals surface area (Å²) in [5, 5.41) is 35.6. The third kappa shape index (κ3) is 2.91. The average molecular weight is 282 g/mol. The van der Waals surface area contributed by atoms with Crippen molar-refractivity contribution in [1.29, 1.82) is 0 Å². The average Bonchev–Trinajstić information content (AvgIpc) is 2.29. The van der Waals surface area contributed by atoms with E-state index in [1.54, 1.807) is 0 Å². The molecule has 20 heavy (non-hydrogen) atoms. The zero-order chi connectivity index (χ0) is 15.4. The Morgan fingerprint density at radius 3 is 1.10 bits per heavy atom. The quantitative estimate of drug-likeness (QED) is 0.540. The Morgan fingerprint density at radius 1 is 0.650 bits per heavy atom. The van der Waals surface area contributed by atoms with Crippen molar-refractivity contribution < 1.29 is 39.6 Å². The van der Waals surface area contributed by atoms with Gasteiger partial charge >= 0.3 is 23.9 Å². The van der Waals surface area contributed by atoms with Gasteiger partial charge in [-0.3, -0.25) is 19.2 Å². The monoisotopic (exact) mass is 282 g/mol. The van der Waals surface area contributed by atoms with Crippen LogP contribution in [0.5, 0.6) is 0 Å². The molecule has 0 saturated heterocycles. The number of benzene rings is 1. The van der Waals surface area contributed by atoms with Gasteiger partial charge in [0.1, 0.15) is 0 Å². The van der Waals surface area contributed by atoms with Crippen LogP contribution in [0.25, 0.3) is 0 Å². The number of carboxylic acids is 4. The summed E-state index contributed by atoms with van der Waals surface area (Å²) in [6.07, 6.45) is 0. The molecule has 0 spiro atoms. The molecule has 0 fully saturated rings. The third-order valence-electron chi connectivity index (χ3n) is 2.61. The van der Waals surface area contributed by atoms with Crippen molar-refractivity contribution in [2.75, 3.05) is 0 Å².